The summed E-state index contributed by atoms with van der Waals surface area (Å²) in [5, 5.41) is 8.73. The third-order valence-corrected chi connectivity index (χ3v) is 5.34. The summed E-state index contributed by atoms with van der Waals surface area (Å²) in [5.74, 6) is -0.396. The zero-order valence-corrected chi connectivity index (χ0v) is 17.8. The van der Waals surface area contributed by atoms with Crippen molar-refractivity contribution in [3.05, 3.63) is 89.0 Å². The Labute approximate surface area is 193 Å². The number of carbonyl (C=O) groups is 2. The van der Waals surface area contributed by atoms with Crippen LogP contribution in [0.3, 0.4) is 0 Å². The van der Waals surface area contributed by atoms with Gasteiger partial charge in [0.1, 0.15) is 11.5 Å². The standard InChI is InChI=1S/C25H20F3NO5/c26-25(27,28)17-7-9-18(10-8-17)29-14-21-20(24(29)32)5-2-6-22(21)33-12-11-16-3-1-4-19(13-16)34-15-23(30)31/h1-10,13H,11-12,14-15H2,(H,30,31). The Morgan fingerprint density at radius 2 is 1.74 bits per heavy atom. The van der Waals surface area contributed by atoms with Gasteiger partial charge in [-0.05, 0) is 54.1 Å². The van der Waals surface area contributed by atoms with E-state index in [4.69, 9.17) is 14.6 Å². The molecule has 0 radical (unpaired) electrons. The van der Waals surface area contributed by atoms with Crippen molar-refractivity contribution >= 4 is 17.6 Å². The molecule has 3 aromatic rings. The minimum atomic E-state index is -4.45. The zero-order valence-electron chi connectivity index (χ0n) is 17.8. The van der Waals surface area contributed by atoms with Crippen molar-refractivity contribution in [2.45, 2.75) is 19.1 Å². The maximum Gasteiger partial charge on any atom is 0.416 e. The molecule has 3 aromatic carbocycles. The molecule has 4 rings (SSSR count). The number of carboxylic acids is 1. The van der Waals surface area contributed by atoms with Gasteiger partial charge in [0.05, 0.1) is 18.7 Å². The van der Waals surface area contributed by atoms with Crippen molar-refractivity contribution in [3.63, 3.8) is 0 Å². The van der Waals surface area contributed by atoms with Gasteiger partial charge < -0.3 is 19.5 Å². The van der Waals surface area contributed by atoms with Gasteiger partial charge in [-0.25, -0.2) is 4.79 Å². The van der Waals surface area contributed by atoms with Crippen LogP contribution in [0, 0.1) is 0 Å². The lowest BCUT2D eigenvalue weighted by atomic mass is 10.1. The molecule has 9 heteroatoms. The number of nitrogens with zero attached hydrogens (tertiary/aromatic N) is 1. The van der Waals surface area contributed by atoms with E-state index in [1.807, 2.05) is 6.07 Å². The number of benzene rings is 3. The van der Waals surface area contributed by atoms with Crippen LogP contribution in [0.2, 0.25) is 0 Å². The molecule has 0 aromatic heterocycles. The molecule has 0 unspecified atom stereocenters. The lowest BCUT2D eigenvalue weighted by molar-refractivity contribution is -0.139. The summed E-state index contributed by atoms with van der Waals surface area (Å²) in [6, 6.07) is 16.6. The fourth-order valence-electron chi connectivity index (χ4n) is 3.69. The highest BCUT2D eigenvalue weighted by molar-refractivity contribution is 6.10. The summed E-state index contributed by atoms with van der Waals surface area (Å²) in [6.45, 7) is 0.0566. The van der Waals surface area contributed by atoms with Gasteiger partial charge in [0.25, 0.3) is 5.91 Å². The van der Waals surface area contributed by atoms with Crippen LogP contribution in [-0.4, -0.2) is 30.2 Å². The molecule has 1 aliphatic heterocycles. The molecule has 6 nitrogen and oxygen atoms in total. The van der Waals surface area contributed by atoms with Crippen LogP contribution >= 0.6 is 0 Å². The fourth-order valence-corrected chi connectivity index (χ4v) is 3.69. The van der Waals surface area contributed by atoms with Crippen LogP contribution in [0.1, 0.15) is 27.0 Å². The van der Waals surface area contributed by atoms with E-state index in [1.165, 1.54) is 17.0 Å². The zero-order chi connectivity index (χ0) is 24.3. The SMILES string of the molecule is O=C(O)COc1cccc(CCOc2cccc3c2CN(c2ccc(C(F)(F)F)cc2)C3=O)c1. The van der Waals surface area contributed by atoms with Crippen molar-refractivity contribution in [3.8, 4) is 11.5 Å². The maximum atomic E-state index is 12.9. The molecular weight excluding hydrogens is 451 g/mol. The molecule has 0 bridgehead atoms. The Kier molecular flexibility index (Phi) is 6.45. The molecule has 0 saturated heterocycles. The van der Waals surface area contributed by atoms with E-state index >= 15 is 0 Å². The van der Waals surface area contributed by atoms with Crippen LogP contribution < -0.4 is 14.4 Å². The topological polar surface area (TPSA) is 76.1 Å². The van der Waals surface area contributed by atoms with Crippen molar-refractivity contribution in [1.29, 1.82) is 0 Å². The first kappa shape index (κ1) is 23.2. The summed E-state index contributed by atoms with van der Waals surface area (Å²) in [6.07, 6.45) is -3.93. The van der Waals surface area contributed by atoms with Gasteiger partial charge in [-0.15, -0.1) is 0 Å². The van der Waals surface area contributed by atoms with Gasteiger partial charge in [-0.2, -0.15) is 13.2 Å². The molecule has 0 aliphatic carbocycles. The minimum absolute atomic E-state index is 0.189. The number of carboxylic acid groups (broad SMARTS) is 1. The molecular formula is C25H20F3NO5. The second-order valence-electron chi connectivity index (χ2n) is 7.65. The van der Waals surface area contributed by atoms with Gasteiger partial charge in [0.15, 0.2) is 6.61 Å². The normalized spacial score (nSPS) is 13.0. The lowest BCUT2D eigenvalue weighted by Crippen LogP contribution is -2.23. The van der Waals surface area contributed by atoms with Crippen LogP contribution in [0.15, 0.2) is 66.7 Å². The molecule has 176 valence electrons. The Hall–Kier alpha value is -4.01. The molecule has 0 saturated carbocycles. The fraction of sp³-hybridized carbons (Fsp3) is 0.200. The molecule has 0 spiro atoms. The number of ether oxygens (including phenoxy) is 2. The highest BCUT2D eigenvalue weighted by Crippen LogP contribution is 2.36. The van der Waals surface area contributed by atoms with E-state index in [0.29, 0.717) is 41.3 Å². The Bertz CT molecular complexity index is 1210. The van der Waals surface area contributed by atoms with E-state index in [2.05, 4.69) is 0 Å². The smallest absolute Gasteiger partial charge is 0.416 e. The predicted molar refractivity (Wildman–Crippen MR) is 117 cm³/mol. The molecule has 0 fully saturated rings. The van der Waals surface area contributed by atoms with Crippen molar-refractivity contribution in [2.24, 2.45) is 0 Å². The number of amides is 1. The number of carbonyl (C=O) groups excluding carboxylic acids is 1. The van der Waals surface area contributed by atoms with E-state index in [1.54, 1.807) is 36.4 Å². The minimum Gasteiger partial charge on any atom is -0.493 e. The molecule has 0 atom stereocenters. The van der Waals surface area contributed by atoms with E-state index < -0.39 is 24.3 Å². The third-order valence-electron chi connectivity index (χ3n) is 5.34. The van der Waals surface area contributed by atoms with E-state index in [0.717, 1.165) is 17.7 Å². The van der Waals surface area contributed by atoms with Crippen LogP contribution in [0.5, 0.6) is 11.5 Å². The van der Waals surface area contributed by atoms with Crippen molar-refractivity contribution < 1.29 is 37.3 Å². The van der Waals surface area contributed by atoms with Gasteiger partial charge in [-0.3, -0.25) is 4.79 Å². The first-order valence-electron chi connectivity index (χ1n) is 10.4. The Morgan fingerprint density at radius 3 is 2.44 bits per heavy atom. The number of fused-ring (bicyclic) bond motifs is 1. The Morgan fingerprint density at radius 1 is 1.00 bits per heavy atom. The van der Waals surface area contributed by atoms with E-state index in [-0.39, 0.29) is 12.5 Å². The molecule has 1 aliphatic rings. The summed E-state index contributed by atoms with van der Waals surface area (Å²) in [7, 11) is 0. The van der Waals surface area contributed by atoms with Gasteiger partial charge >= 0.3 is 12.1 Å². The first-order chi connectivity index (χ1) is 16.2. The molecule has 1 N–H and O–H groups in total. The highest BCUT2D eigenvalue weighted by atomic mass is 19.4. The number of anilines is 1. The third kappa shape index (κ3) is 5.14. The van der Waals surface area contributed by atoms with Crippen LogP contribution in [0.25, 0.3) is 0 Å². The van der Waals surface area contributed by atoms with Gasteiger partial charge in [0, 0.05) is 23.2 Å². The largest absolute Gasteiger partial charge is 0.493 e. The number of hydrogen-bond donors (Lipinski definition) is 1. The number of alkyl halides is 3. The monoisotopic (exact) mass is 471 g/mol. The summed E-state index contributed by atoms with van der Waals surface area (Å²) in [5.41, 5.74) is 1.60. The van der Waals surface area contributed by atoms with Gasteiger partial charge in [0.2, 0.25) is 0 Å². The molecule has 1 heterocycles. The number of rotatable bonds is 8. The first-order valence-corrected chi connectivity index (χ1v) is 10.4. The molecule has 34 heavy (non-hydrogen) atoms. The lowest BCUT2D eigenvalue weighted by Gasteiger charge is -2.17. The predicted octanol–water partition coefficient (Wildman–Crippen LogP) is 4.95. The highest BCUT2D eigenvalue weighted by Gasteiger charge is 2.33. The van der Waals surface area contributed by atoms with Crippen molar-refractivity contribution in [2.75, 3.05) is 18.1 Å². The Balaban J connectivity index is 1.42. The quantitative estimate of drug-likeness (QED) is 0.503. The number of halogens is 3. The summed E-state index contributed by atoms with van der Waals surface area (Å²) in [4.78, 5) is 24.9. The summed E-state index contributed by atoms with van der Waals surface area (Å²) < 4.78 is 49.6. The average molecular weight is 471 g/mol. The van der Waals surface area contributed by atoms with Crippen LogP contribution in [0.4, 0.5) is 18.9 Å². The van der Waals surface area contributed by atoms with E-state index in [9.17, 15) is 22.8 Å². The summed E-state index contributed by atoms with van der Waals surface area (Å²) >= 11 is 0. The second kappa shape index (κ2) is 9.46. The van der Waals surface area contributed by atoms with Crippen molar-refractivity contribution in [1.82, 2.24) is 0 Å². The number of aliphatic carboxylic acids is 1. The van der Waals surface area contributed by atoms with Gasteiger partial charge in [-0.1, -0.05) is 18.2 Å². The maximum absolute atomic E-state index is 12.9. The number of hydrogen-bond acceptors (Lipinski definition) is 4. The average Bonchev–Trinajstić information content (AvgIpc) is 3.15. The molecule has 1 amide bonds. The van der Waals surface area contributed by atoms with Crippen LogP contribution in [-0.2, 0) is 23.9 Å². The second-order valence-corrected chi connectivity index (χ2v) is 7.65.